The average molecular weight is 212 g/mol. The molecule has 1 aromatic carbocycles. The first-order valence-electron chi connectivity index (χ1n) is 5.69. The van der Waals surface area contributed by atoms with Crippen LogP contribution < -0.4 is 9.80 Å². The van der Waals surface area contributed by atoms with Gasteiger partial charge in [-0.25, -0.2) is 0 Å². The van der Waals surface area contributed by atoms with Crippen LogP contribution in [0.15, 0.2) is 48.6 Å². The largest absolute Gasteiger partial charge is 0.357 e. The summed E-state index contributed by atoms with van der Waals surface area (Å²) in [6.07, 6.45) is 8.83. The summed E-state index contributed by atoms with van der Waals surface area (Å²) < 4.78 is 0. The molecule has 2 aliphatic rings. The molecule has 0 fully saturated rings. The fourth-order valence-corrected chi connectivity index (χ4v) is 2.68. The molecule has 0 bridgehead atoms. The second-order valence-electron chi connectivity index (χ2n) is 4.46. The number of allylic oxidation sites excluding steroid dienone is 2. The zero-order chi connectivity index (χ0) is 11.1. The van der Waals surface area contributed by atoms with Crippen LogP contribution in [0.3, 0.4) is 0 Å². The minimum Gasteiger partial charge on any atom is -0.357 e. The average Bonchev–Trinajstić information content (AvgIpc) is 2.36. The van der Waals surface area contributed by atoms with E-state index in [9.17, 15) is 0 Å². The molecule has 81 valence electrons. The summed E-state index contributed by atoms with van der Waals surface area (Å²) in [5, 5.41) is 0. The van der Waals surface area contributed by atoms with Gasteiger partial charge in [-0.1, -0.05) is 30.4 Å². The van der Waals surface area contributed by atoms with Gasteiger partial charge in [-0.05, 0) is 12.1 Å². The number of benzene rings is 1. The van der Waals surface area contributed by atoms with Gasteiger partial charge in [0.1, 0.15) is 18.8 Å². The number of hydrogen-bond acceptors (Lipinski definition) is 2. The Kier molecular flexibility index (Phi) is 2.11. The highest BCUT2D eigenvalue weighted by Gasteiger charge is 2.41. The molecule has 0 saturated carbocycles. The van der Waals surface area contributed by atoms with E-state index >= 15 is 0 Å². The molecule has 1 radical (unpaired) electrons. The predicted molar refractivity (Wildman–Crippen MR) is 68.4 cm³/mol. The molecule has 2 atom stereocenters. The number of hydrogen-bond donors (Lipinski definition) is 0. The van der Waals surface area contributed by atoms with Crippen molar-refractivity contribution in [1.29, 1.82) is 0 Å². The Morgan fingerprint density at radius 1 is 1.12 bits per heavy atom. The molecule has 0 amide bonds. The molecular formula is C14H16N2+. The van der Waals surface area contributed by atoms with Crippen molar-refractivity contribution in [2.24, 2.45) is 0 Å². The highest BCUT2D eigenvalue weighted by atomic mass is 15.3. The van der Waals surface area contributed by atoms with E-state index in [0.29, 0.717) is 12.1 Å². The first-order valence-corrected chi connectivity index (χ1v) is 5.69. The van der Waals surface area contributed by atoms with Crippen molar-refractivity contribution in [3.8, 4) is 0 Å². The normalized spacial score (nSPS) is 27.8. The van der Waals surface area contributed by atoms with Crippen LogP contribution in [0.25, 0.3) is 0 Å². The number of para-hydroxylation sites is 2. The van der Waals surface area contributed by atoms with Crippen LogP contribution >= 0.6 is 0 Å². The van der Waals surface area contributed by atoms with Crippen LogP contribution in [0, 0.1) is 0 Å². The summed E-state index contributed by atoms with van der Waals surface area (Å²) in [6.45, 7) is 0. The Balaban J connectivity index is 2.13. The highest BCUT2D eigenvalue weighted by molar-refractivity contribution is 5.71. The third kappa shape index (κ3) is 1.23. The Bertz CT molecular complexity index is 419. The molecule has 1 aliphatic heterocycles. The summed E-state index contributed by atoms with van der Waals surface area (Å²) in [5.74, 6) is 0. The molecule has 2 heteroatoms. The SMILES string of the molecule is CN1c2ccccc2[N+](C)C2C=CC=CC21. The van der Waals surface area contributed by atoms with Gasteiger partial charge in [-0.15, -0.1) is 4.90 Å². The van der Waals surface area contributed by atoms with E-state index in [0.717, 1.165) is 0 Å². The van der Waals surface area contributed by atoms with Crippen molar-refractivity contribution >= 4 is 11.4 Å². The maximum atomic E-state index is 2.36. The molecule has 2 unspecified atom stereocenters. The molecule has 1 aromatic rings. The van der Waals surface area contributed by atoms with E-state index in [2.05, 4.69) is 72.5 Å². The Morgan fingerprint density at radius 2 is 1.88 bits per heavy atom. The van der Waals surface area contributed by atoms with Gasteiger partial charge in [-0.2, -0.15) is 0 Å². The third-order valence-electron chi connectivity index (χ3n) is 3.61. The van der Waals surface area contributed by atoms with Crippen molar-refractivity contribution in [2.45, 2.75) is 12.1 Å². The Morgan fingerprint density at radius 3 is 2.75 bits per heavy atom. The second kappa shape index (κ2) is 3.49. The molecule has 1 heterocycles. The number of nitrogens with zero attached hydrogens (tertiary/aromatic N) is 2. The zero-order valence-electron chi connectivity index (χ0n) is 9.67. The predicted octanol–water partition coefficient (Wildman–Crippen LogP) is 2.40. The fourth-order valence-electron chi connectivity index (χ4n) is 2.68. The van der Waals surface area contributed by atoms with E-state index in [4.69, 9.17) is 0 Å². The molecule has 2 nitrogen and oxygen atoms in total. The van der Waals surface area contributed by atoms with Crippen LogP contribution in [0.1, 0.15) is 0 Å². The van der Waals surface area contributed by atoms with Gasteiger partial charge >= 0.3 is 0 Å². The standard InChI is InChI=1S/C14H16N2/c1-15-11-7-3-5-9-13(11)16(2)14-10-6-4-8-12(14)15/h3-11,13H,1-2H3/q+1. The van der Waals surface area contributed by atoms with Crippen LogP contribution in [-0.2, 0) is 0 Å². The monoisotopic (exact) mass is 212 g/mol. The minimum atomic E-state index is 0.449. The summed E-state index contributed by atoms with van der Waals surface area (Å²) in [6, 6.07) is 9.48. The van der Waals surface area contributed by atoms with E-state index in [1.807, 2.05) is 0 Å². The van der Waals surface area contributed by atoms with E-state index in [1.54, 1.807) is 0 Å². The van der Waals surface area contributed by atoms with Gasteiger partial charge in [-0.3, -0.25) is 0 Å². The second-order valence-corrected chi connectivity index (χ2v) is 4.46. The number of fused-ring (bicyclic) bond motifs is 2. The lowest BCUT2D eigenvalue weighted by molar-refractivity contribution is 0.453. The third-order valence-corrected chi connectivity index (χ3v) is 3.61. The smallest absolute Gasteiger partial charge is 0.204 e. The van der Waals surface area contributed by atoms with Gasteiger partial charge in [0.2, 0.25) is 5.69 Å². The van der Waals surface area contributed by atoms with Crippen LogP contribution in [0.5, 0.6) is 0 Å². The maximum absolute atomic E-state index is 2.36. The summed E-state index contributed by atoms with van der Waals surface area (Å²) in [4.78, 5) is 4.72. The van der Waals surface area contributed by atoms with Crippen molar-refractivity contribution in [2.75, 3.05) is 19.0 Å². The first kappa shape index (κ1) is 9.67. The lowest BCUT2D eigenvalue weighted by atomic mass is 9.95. The van der Waals surface area contributed by atoms with Crippen molar-refractivity contribution < 1.29 is 0 Å². The molecule has 1 aliphatic carbocycles. The molecule has 0 spiro atoms. The molecule has 3 rings (SSSR count). The lowest BCUT2D eigenvalue weighted by Gasteiger charge is -2.38. The van der Waals surface area contributed by atoms with Crippen molar-refractivity contribution in [1.82, 2.24) is 4.90 Å². The van der Waals surface area contributed by atoms with E-state index < -0.39 is 0 Å². The van der Waals surface area contributed by atoms with Gasteiger partial charge < -0.3 is 4.90 Å². The fraction of sp³-hybridized carbons (Fsp3) is 0.286. The van der Waals surface area contributed by atoms with Crippen LogP contribution in [0.2, 0.25) is 0 Å². The van der Waals surface area contributed by atoms with E-state index in [1.165, 1.54) is 11.4 Å². The Labute approximate surface area is 96.5 Å². The quantitative estimate of drug-likeness (QED) is 0.600. The molecule has 0 N–H and O–H groups in total. The summed E-state index contributed by atoms with van der Waals surface area (Å²) in [7, 11) is 4.35. The van der Waals surface area contributed by atoms with Crippen molar-refractivity contribution in [3.63, 3.8) is 0 Å². The number of anilines is 2. The van der Waals surface area contributed by atoms with Crippen LogP contribution in [-0.4, -0.2) is 26.2 Å². The van der Waals surface area contributed by atoms with Gasteiger partial charge in [0.15, 0.2) is 6.04 Å². The molecule has 16 heavy (non-hydrogen) atoms. The van der Waals surface area contributed by atoms with Gasteiger partial charge in [0.25, 0.3) is 0 Å². The topological polar surface area (TPSA) is 9.14 Å². The highest BCUT2D eigenvalue weighted by Crippen LogP contribution is 2.37. The van der Waals surface area contributed by atoms with E-state index in [-0.39, 0.29) is 0 Å². The number of rotatable bonds is 0. The summed E-state index contributed by atoms with van der Waals surface area (Å²) in [5.41, 5.74) is 2.62. The minimum absolute atomic E-state index is 0.449. The van der Waals surface area contributed by atoms with Crippen LogP contribution in [0.4, 0.5) is 11.4 Å². The maximum Gasteiger partial charge on any atom is 0.204 e. The molecular weight excluding hydrogens is 196 g/mol. The summed E-state index contributed by atoms with van der Waals surface area (Å²) >= 11 is 0. The van der Waals surface area contributed by atoms with Crippen molar-refractivity contribution in [3.05, 3.63) is 48.6 Å². The van der Waals surface area contributed by atoms with Gasteiger partial charge in [0, 0.05) is 13.1 Å². The lowest BCUT2D eigenvalue weighted by Crippen LogP contribution is -2.53. The zero-order valence-corrected chi connectivity index (χ0v) is 9.67. The number of likely N-dealkylation sites (N-methyl/N-ethyl adjacent to an activating group) is 2. The Hall–Kier alpha value is -1.54. The van der Waals surface area contributed by atoms with Gasteiger partial charge in [0.05, 0.1) is 0 Å². The molecule has 0 saturated heterocycles. The molecule has 0 aromatic heterocycles. The first-order chi connectivity index (χ1) is 7.79.